The summed E-state index contributed by atoms with van der Waals surface area (Å²) in [6.45, 7) is 2.02. The molecule has 1 aliphatic heterocycles. The van der Waals surface area contributed by atoms with Crippen molar-refractivity contribution in [1.29, 1.82) is 0 Å². The van der Waals surface area contributed by atoms with Gasteiger partial charge in [0.25, 0.3) is 0 Å². The van der Waals surface area contributed by atoms with Crippen LogP contribution in [-0.2, 0) is 5.75 Å². The van der Waals surface area contributed by atoms with Crippen LogP contribution in [0.2, 0.25) is 0 Å². The van der Waals surface area contributed by atoms with Gasteiger partial charge < -0.3 is 15.4 Å². The molecule has 0 radical (unpaired) electrons. The van der Waals surface area contributed by atoms with Gasteiger partial charge in [0.05, 0.1) is 7.11 Å². The third kappa shape index (κ3) is 4.37. The van der Waals surface area contributed by atoms with E-state index in [4.69, 9.17) is 4.74 Å². The van der Waals surface area contributed by atoms with Crippen molar-refractivity contribution in [2.24, 2.45) is 0 Å². The molecule has 1 aliphatic rings. The van der Waals surface area contributed by atoms with E-state index in [1.165, 1.54) is 0 Å². The lowest BCUT2D eigenvalue weighted by Crippen LogP contribution is -2.23. The van der Waals surface area contributed by atoms with Gasteiger partial charge in [0, 0.05) is 40.8 Å². The van der Waals surface area contributed by atoms with Crippen LogP contribution in [0, 0.1) is 0 Å². The lowest BCUT2D eigenvalue weighted by Gasteiger charge is -2.15. The molecule has 5 nitrogen and oxygen atoms in total. The van der Waals surface area contributed by atoms with Crippen molar-refractivity contribution in [3.8, 4) is 5.75 Å². The van der Waals surface area contributed by atoms with E-state index in [0.29, 0.717) is 6.04 Å². The second-order valence-corrected chi connectivity index (χ2v) is 7.17. The van der Waals surface area contributed by atoms with Gasteiger partial charge in [-0.25, -0.2) is 9.97 Å². The maximum atomic E-state index is 5.43. The molecule has 1 atom stereocenters. The van der Waals surface area contributed by atoms with E-state index in [2.05, 4.69) is 42.6 Å². The van der Waals surface area contributed by atoms with Gasteiger partial charge in [-0.05, 0) is 31.2 Å². The summed E-state index contributed by atoms with van der Waals surface area (Å²) in [5, 5.41) is 7.76. The Labute approximate surface area is 148 Å². The summed E-state index contributed by atoms with van der Waals surface area (Å²) in [6, 6.07) is 6.46. The second-order valence-electron chi connectivity index (χ2n) is 5.29. The molecule has 0 bridgehead atoms. The van der Waals surface area contributed by atoms with Crippen molar-refractivity contribution in [3.05, 3.63) is 40.6 Å². The first-order chi connectivity index (χ1) is 11.3. The zero-order chi connectivity index (χ0) is 16.1. The summed E-state index contributed by atoms with van der Waals surface area (Å²) in [5.41, 5.74) is 1.13. The summed E-state index contributed by atoms with van der Waals surface area (Å²) in [5.74, 6) is 2.53. The van der Waals surface area contributed by atoms with Crippen molar-refractivity contribution in [3.63, 3.8) is 0 Å². The fraction of sp³-hybridized carbons (Fsp3) is 0.375. The molecule has 1 aromatic carbocycles. The predicted octanol–water partition coefficient (Wildman–Crippen LogP) is 3.31. The molecule has 23 heavy (non-hydrogen) atoms. The molecule has 2 aromatic rings. The highest BCUT2D eigenvalue weighted by Crippen LogP contribution is 2.32. The molecule has 1 aromatic heterocycles. The van der Waals surface area contributed by atoms with E-state index in [1.807, 2.05) is 12.1 Å². The molecule has 0 aliphatic carbocycles. The lowest BCUT2D eigenvalue weighted by molar-refractivity contribution is 0.411. The number of anilines is 1. The van der Waals surface area contributed by atoms with Crippen LogP contribution in [0.25, 0.3) is 0 Å². The van der Waals surface area contributed by atoms with Crippen LogP contribution in [0.15, 0.2) is 40.1 Å². The number of thioether (sulfide) groups is 1. The van der Waals surface area contributed by atoms with Gasteiger partial charge in [0.1, 0.15) is 10.8 Å². The summed E-state index contributed by atoms with van der Waals surface area (Å²) in [6.07, 6.45) is 4.58. The molecular formula is C16H19BrN4OS. The zero-order valence-corrected chi connectivity index (χ0v) is 15.3. The number of nitrogens with zero attached hydrogens (tertiary/aromatic N) is 2. The van der Waals surface area contributed by atoms with Crippen LogP contribution in [0.3, 0.4) is 0 Å². The van der Waals surface area contributed by atoms with Crippen LogP contribution >= 0.6 is 27.7 Å². The van der Waals surface area contributed by atoms with E-state index < -0.39 is 0 Å². The second kappa shape index (κ2) is 7.99. The van der Waals surface area contributed by atoms with Gasteiger partial charge in [0.15, 0.2) is 5.82 Å². The highest BCUT2D eigenvalue weighted by atomic mass is 79.9. The van der Waals surface area contributed by atoms with Crippen LogP contribution in [-0.4, -0.2) is 36.2 Å². The molecule has 0 saturated carbocycles. The minimum Gasteiger partial charge on any atom is -0.496 e. The first-order valence-electron chi connectivity index (χ1n) is 7.49. The molecule has 1 saturated heterocycles. The number of nitrogens with one attached hydrogen (secondary N) is 2. The summed E-state index contributed by atoms with van der Waals surface area (Å²) < 4.78 is 6.48. The third-order valence-corrected chi connectivity index (χ3v) is 5.19. The Morgan fingerprint density at radius 2 is 2.26 bits per heavy atom. The number of aromatic nitrogens is 2. The van der Waals surface area contributed by atoms with Gasteiger partial charge in [0.2, 0.25) is 0 Å². The number of methoxy groups -OCH3 is 1. The topological polar surface area (TPSA) is 59.1 Å². The molecule has 7 heteroatoms. The maximum Gasteiger partial charge on any atom is 0.158 e. The molecule has 2 heterocycles. The van der Waals surface area contributed by atoms with Crippen LogP contribution in [0.5, 0.6) is 5.75 Å². The maximum absolute atomic E-state index is 5.43. The van der Waals surface area contributed by atoms with E-state index in [0.717, 1.165) is 51.9 Å². The monoisotopic (exact) mass is 394 g/mol. The van der Waals surface area contributed by atoms with Crippen molar-refractivity contribution in [2.75, 3.05) is 25.5 Å². The van der Waals surface area contributed by atoms with Crippen LogP contribution in [0.1, 0.15) is 12.0 Å². The Bertz CT molecular complexity index is 664. The smallest absolute Gasteiger partial charge is 0.158 e. The predicted molar refractivity (Wildman–Crippen MR) is 97.2 cm³/mol. The molecule has 3 rings (SSSR count). The normalized spacial score (nSPS) is 17.2. The van der Waals surface area contributed by atoms with Crippen molar-refractivity contribution in [2.45, 2.75) is 23.2 Å². The SMILES string of the molecule is COc1ccc(Br)cc1CSc1nccnc1NC1CCNC1. The van der Waals surface area contributed by atoms with Crippen LogP contribution in [0.4, 0.5) is 5.82 Å². The van der Waals surface area contributed by atoms with E-state index in [1.54, 1.807) is 31.3 Å². The Morgan fingerprint density at radius 1 is 1.39 bits per heavy atom. The van der Waals surface area contributed by atoms with Gasteiger partial charge in [-0.15, -0.1) is 0 Å². The van der Waals surface area contributed by atoms with Crippen molar-refractivity contribution < 1.29 is 4.74 Å². The lowest BCUT2D eigenvalue weighted by atomic mass is 10.2. The average Bonchev–Trinajstić information content (AvgIpc) is 3.07. The van der Waals surface area contributed by atoms with Crippen LogP contribution < -0.4 is 15.4 Å². The molecule has 122 valence electrons. The van der Waals surface area contributed by atoms with Crippen molar-refractivity contribution >= 4 is 33.5 Å². The number of halogens is 1. The number of hydrogen-bond donors (Lipinski definition) is 2. The van der Waals surface area contributed by atoms with Gasteiger partial charge in [-0.1, -0.05) is 27.7 Å². The highest BCUT2D eigenvalue weighted by molar-refractivity contribution is 9.10. The number of hydrogen-bond acceptors (Lipinski definition) is 6. The molecular weight excluding hydrogens is 376 g/mol. The molecule has 1 unspecified atom stereocenters. The fourth-order valence-corrected chi connectivity index (χ4v) is 3.82. The first-order valence-corrected chi connectivity index (χ1v) is 9.27. The Kier molecular flexibility index (Phi) is 5.75. The molecule has 0 amide bonds. The molecule has 1 fully saturated rings. The van der Waals surface area contributed by atoms with E-state index in [9.17, 15) is 0 Å². The number of benzene rings is 1. The fourth-order valence-electron chi connectivity index (χ4n) is 2.51. The highest BCUT2D eigenvalue weighted by Gasteiger charge is 2.17. The largest absolute Gasteiger partial charge is 0.496 e. The van der Waals surface area contributed by atoms with Gasteiger partial charge in [-0.2, -0.15) is 0 Å². The minimum atomic E-state index is 0.423. The first kappa shape index (κ1) is 16.5. The number of ether oxygens (including phenoxy) is 1. The zero-order valence-electron chi connectivity index (χ0n) is 12.9. The standard InChI is InChI=1S/C16H19BrN4OS/c1-22-14-3-2-12(17)8-11(14)10-23-16-15(19-6-7-20-16)21-13-4-5-18-9-13/h2-3,6-8,13,18H,4-5,9-10H2,1H3,(H,19,21). The third-order valence-electron chi connectivity index (χ3n) is 3.67. The molecule has 2 N–H and O–H groups in total. The minimum absolute atomic E-state index is 0.423. The summed E-state index contributed by atoms with van der Waals surface area (Å²) >= 11 is 5.18. The molecule has 0 spiro atoms. The van der Waals surface area contributed by atoms with E-state index >= 15 is 0 Å². The number of rotatable bonds is 6. The van der Waals surface area contributed by atoms with Gasteiger partial charge in [-0.3, -0.25) is 0 Å². The van der Waals surface area contributed by atoms with Gasteiger partial charge >= 0.3 is 0 Å². The summed E-state index contributed by atoms with van der Waals surface area (Å²) in [7, 11) is 1.69. The van der Waals surface area contributed by atoms with Crippen molar-refractivity contribution in [1.82, 2.24) is 15.3 Å². The quantitative estimate of drug-likeness (QED) is 0.732. The Morgan fingerprint density at radius 3 is 3.04 bits per heavy atom. The Balaban J connectivity index is 1.71. The Hall–Kier alpha value is -1.31. The summed E-state index contributed by atoms with van der Waals surface area (Å²) in [4.78, 5) is 8.93. The van der Waals surface area contributed by atoms with E-state index in [-0.39, 0.29) is 0 Å². The average molecular weight is 395 g/mol.